The number of aryl methyl sites for hydroxylation is 1. The molecule has 0 aromatic heterocycles. The Morgan fingerprint density at radius 1 is 1.45 bits per heavy atom. The Morgan fingerprint density at radius 2 is 2.23 bits per heavy atom. The Balaban J connectivity index is 1.70. The highest BCUT2D eigenvalue weighted by Crippen LogP contribution is 2.20. The van der Waals surface area contributed by atoms with Crippen LogP contribution in [0.3, 0.4) is 0 Å². The molecule has 2 rings (SSSR count). The van der Waals surface area contributed by atoms with E-state index in [-0.39, 0.29) is 11.9 Å². The van der Waals surface area contributed by atoms with Crippen LogP contribution in [0.1, 0.15) is 38.2 Å². The molecular formula is C18H28N2O2. The van der Waals surface area contributed by atoms with Crippen LogP contribution in [0.5, 0.6) is 5.75 Å². The van der Waals surface area contributed by atoms with E-state index in [9.17, 15) is 4.79 Å². The SMILES string of the molecule is Cc1ccccc1OCCCC(=O)N1CCC[C@H]([C@H](C)N)C1. The molecule has 22 heavy (non-hydrogen) atoms. The summed E-state index contributed by atoms with van der Waals surface area (Å²) < 4.78 is 5.74. The van der Waals surface area contributed by atoms with E-state index in [0.29, 0.717) is 18.9 Å². The number of carbonyl (C=O) groups is 1. The summed E-state index contributed by atoms with van der Waals surface area (Å²) in [4.78, 5) is 14.3. The average molecular weight is 304 g/mol. The Bertz CT molecular complexity index is 488. The topological polar surface area (TPSA) is 55.6 Å². The number of hydrogen-bond acceptors (Lipinski definition) is 3. The number of piperidine rings is 1. The van der Waals surface area contributed by atoms with Gasteiger partial charge in [0.05, 0.1) is 6.61 Å². The van der Waals surface area contributed by atoms with Crippen LogP contribution in [0.2, 0.25) is 0 Å². The zero-order valence-corrected chi connectivity index (χ0v) is 13.8. The van der Waals surface area contributed by atoms with Gasteiger partial charge in [-0.15, -0.1) is 0 Å². The summed E-state index contributed by atoms with van der Waals surface area (Å²) in [6.07, 6.45) is 3.51. The molecule has 4 heteroatoms. The third-order valence-corrected chi connectivity index (χ3v) is 4.44. The van der Waals surface area contributed by atoms with Gasteiger partial charge in [-0.25, -0.2) is 0 Å². The molecule has 1 aliphatic heterocycles. The lowest BCUT2D eigenvalue weighted by atomic mass is 9.92. The van der Waals surface area contributed by atoms with Gasteiger partial charge in [-0.3, -0.25) is 4.79 Å². The molecule has 0 bridgehead atoms. The van der Waals surface area contributed by atoms with Crippen molar-refractivity contribution in [1.29, 1.82) is 0 Å². The number of ether oxygens (including phenoxy) is 1. The Labute approximate surface area is 133 Å². The predicted octanol–water partition coefficient (Wildman–Crippen LogP) is 2.74. The molecule has 1 heterocycles. The summed E-state index contributed by atoms with van der Waals surface area (Å²) >= 11 is 0. The smallest absolute Gasteiger partial charge is 0.222 e. The first-order valence-corrected chi connectivity index (χ1v) is 8.29. The third kappa shape index (κ3) is 4.73. The summed E-state index contributed by atoms with van der Waals surface area (Å²) in [5.74, 6) is 1.59. The normalized spacial score (nSPS) is 19.8. The van der Waals surface area contributed by atoms with Gasteiger partial charge < -0.3 is 15.4 Å². The first-order chi connectivity index (χ1) is 10.6. The minimum atomic E-state index is 0.167. The number of benzene rings is 1. The minimum absolute atomic E-state index is 0.167. The number of para-hydroxylation sites is 1. The molecule has 0 radical (unpaired) electrons. The fourth-order valence-corrected chi connectivity index (χ4v) is 2.95. The van der Waals surface area contributed by atoms with Crippen LogP contribution in [0.4, 0.5) is 0 Å². The molecule has 0 spiro atoms. The number of hydrogen-bond donors (Lipinski definition) is 1. The monoisotopic (exact) mass is 304 g/mol. The second kappa shape index (κ2) is 8.18. The van der Waals surface area contributed by atoms with E-state index in [2.05, 4.69) is 0 Å². The van der Waals surface area contributed by atoms with Crippen molar-refractivity contribution in [2.24, 2.45) is 11.7 Å². The molecule has 0 aliphatic carbocycles. The van der Waals surface area contributed by atoms with Crippen LogP contribution in [0.15, 0.2) is 24.3 Å². The second-order valence-electron chi connectivity index (χ2n) is 6.32. The molecule has 1 saturated heterocycles. The highest BCUT2D eigenvalue weighted by molar-refractivity contribution is 5.76. The lowest BCUT2D eigenvalue weighted by Crippen LogP contribution is -2.45. The number of likely N-dealkylation sites (tertiary alicyclic amines) is 1. The maximum Gasteiger partial charge on any atom is 0.222 e. The van der Waals surface area contributed by atoms with Gasteiger partial charge in [-0.2, -0.15) is 0 Å². The van der Waals surface area contributed by atoms with Crippen molar-refractivity contribution >= 4 is 5.91 Å². The van der Waals surface area contributed by atoms with Crippen molar-refractivity contribution < 1.29 is 9.53 Å². The molecule has 2 N–H and O–H groups in total. The van der Waals surface area contributed by atoms with Crippen molar-refractivity contribution in [3.05, 3.63) is 29.8 Å². The van der Waals surface area contributed by atoms with Crippen LogP contribution in [0, 0.1) is 12.8 Å². The molecule has 1 fully saturated rings. The molecule has 4 nitrogen and oxygen atoms in total. The van der Waals surface area contributed by atoms with Gasteiger partial charge in [0.2, 0.25) is 5.91 Å². The molecule has 0 unspecified atom stereocenters. The fraction of sp³-hybridized carbons (Fsp3) is 0.611. The quantitative estimate of drug-likeness (QED) is 0.822. The van der Waals surface area contributed by atoms with E-state index in [0.717, 1.165) is 43.7 Å². The molecule has 122 valence electrons. The zero-order chi connectivity index (χ0) is 15.9. The summed E-state index contributed by atoms with van der Waals surface area (Å²) in [5.41, 5.74) is 7.10. The Hall–Kier alpha value is -1.55. The highest BCUT2D eigenvalue weighted by atomic mass is 16.5. The lowest BCUT2D eigenvalue weighted by Gasteiger charge is -2.34. The minimum Gasteiger partial charge on any atom is -0.493 e. The molecule has 2 atom stereocenters. The molecular weight excluding hydrogens is 276 g/mol. The highest BCUT2D eigenvalue weighted by Gasteiger charge is 2.25. The maximum atomic E-state index is 12.3. The van der Waals surface area contributed by atoms with E-state index in [4.69, 9.17) is 10.5 Å². The van der Waals surface area contributed by atoms with Crippen molar-refractivity contribution in [3.63, 3.8) is 0 Å². The summed E-state index contributed by atoms with van der Waals surface area (Å²) in [7, 11) is 0. The van der Waals surface area contributed by atoms with Crippen LogP contribution in [-0.2, 0) is 4.79 Å². The van der Waals surface area contributed by atoms with E-state index in [1.54, 1.807) is 0 Å². The standard InChI is InChI=1S/C18H28N2O2/c1-14-7-3-4-9-17(14)22-12-6-10-18(21)20-11-5-8-16(13-20)15(2)19/h3-4,7,9,15-16H,5-6,8,10-13,19H2,1-2H3/t15-,16-/m0/s1. The molecule has 1 aromatic carbocycles. The predicted molar refractivity (Wildman–Crippen MR) is 88.9 cm³/mol. The van der Waals surface area contributed by atoms with Gasteiger partial charge in [0.25, 0.3) is 0 Å². The number of carbonyl (C=O) groups excluding carboxylic acids is 1. The molecule has 1 amide bonds. The van der Waals surface area contributed by atoms with Crippen LogP contribution in [-0.4, -0.2) is 36.5 Å². The van der Waals surface area contributed by atoms with E-state index in [1.807, 2.05) is 43.0 Å². The molecule has 0 saturated carbocycles. The molecule has 1 aliphatic rings. The van der Waals surface area contributed by atoms with Gasteiger partial charge >= 0.3 is 0 Å². The first-order valence-electron chi connectivity index (χ1n) is 8.29. The van der Waals surface area contributed by atoms with E-state index >= 15 is 0 Å². The van der Waals surface area contributed by atoms with Crippen molar-refractivity contribution in [2.45, 2.75) is 45.6 Å². The number of rotatable bonds is 6. The zero-order valence-electron chi connectivity index (χ0n) is 13.8. The molecule has 1 aromatic rings. The van der Waals surface area contributed by atoms with Gasteiger partial charge in [0, 0.05) is 25.6 Å². The first kappa shape index (κ1) is 16.8. The number of nitrogens with two attached hydrogens (primary N) is 1. The second-order valence-corrected chi connectivity index (χ2v) is 6.32. The van der Waals surface area contributed by atoms with Crippen molar-refractivity contribution in [3.8, 4) is 5.75 Å². The van der Waals surface area contributed by atoms with Gasteiger partial charge in [0.15, 0.2) is 0 Å². The van der Waals surface area contributed by atoms with Crippen LogP contribution in [0.25, 0.3) is 0 Å². The fourth-order valence-electron chi connectivity index (χ4n) is 2.95. The van der Waals surface area contributed by atoms with E-state index < -0.39 is 0 Å². The number of nitrogens with zero attached hydrogens (tertiary/aromatic N) is 1. The van der Waals surface area contributed by atoms with Crippen molar-refractivity contribution in [2.75, 3.05) is 19.7 Å². The summed E-state index contributed by atoms with van der Waals surface area (Å²) in [6.45, 7) is 6.34. The largest absolute Gasteiger partial charge is 0.493 e. The van der Waals surface area contributed by atoms with Crippen LogP contribution >= 0.6 is 0 Å². The Kier molecular flexibility index (Phi) is 6.25. The van der Waals surface area contributed by atoms with E-state index in [1.165, 1.54) is 0 Å². The summed E-state index contributed by atoms with van der Waals surface area (Å²) in [5, 5.41) is 0. The van der Waals surface area contributed by atoms with Gasteiger partial charge in [-0.05, 0) is 50.7 Å². The van der Waals surface area contributed by atoms with Crippen LogP contribution < -0.4 is 10.5 Å². The summed E-state index contributed by atoms with van der Waals surface area (Å²) in [6, 6.07) is 8.13. The Morgan fingerprint density at radius 3 is 2.95 bits per heavy atom. The average Bonchev–Trinajstić information content (AvgIpc) is 2.53. The number of amides is 1. The third-order valence-electron chi connectivity index (χ3n) is 4.44. The van der Waals surface area contributed by atoms with Crippen molar-refractivity contribution in [1.82, 2.24) is 4.90 Å². The lowest BCUT2D eigenvalue weighted by molar-refractivity contribution is -0.133. The van der Waals surface area contributed by atoms with Gasteiger partial charge in [0.1, 0.15) is 5.75 Å². The van der Waals surface area contributed by atoms with Gasteiger partial charge in [-0.1, -0.05) is 18.2 Å². The maximum absolute atomic E-state index is 12.3.